The molecule has 0 bridgehead atoms. The lowest BCUT2D eigenvalue weighted by Crippen LogP contribution is -1.96. The molecule has 0 fully saturated rings. The first-order valence-corrected chi connectivity index (χ1v) is 4.64. The van der Waals surface area contributed by atoms with E-state index in [1.165, 1.54) is 6.20 Å². The maximum atomic E-state index is 5.91. The van der Waals surface area contributed by atoms with E-state index in [2.05, 4.69) is 9.97 Å². The Balaban J connectivity index is 2.26. The third-order valence-electron chi connectivity index (χ3n) is 1.70. The maximum absolute atomic E-state index is 5.91. The number of benzene rings is 1. The maximum Gasteiger partial charge on any atom is 0.224 e. The highest BCUT2D eigenvalue weighted by Crippen LogP contribution is 2.27. The van der Waals surface area contributed by atoms with E-state index in [1.54, 1.807) is 18.2 Å². The Morgan fingerprint density at radius 2 is 2.00 bits per heavy atom. The van der Waals surface area contributed by atoms with E-state index in [-0.39, 0.29) is 5.95 Å². The molecule has 0 radical (unpaired) electrons. The van der Waals surface area contributed by atoms with Gasteiger partial charge in [0, 0.05) is 12.3 Å². The molecule has 0 atom stereocenters. The Kier molecular flexibility index (Phi) is 2.69. The summed E-state index contributed by atoms with van der Waals surface area (Å²) in [5, 5.41) is 0.523. The van der Waals surface area contributed by atoms with Crippen LogP contribution in [0.4, 0.5) is 5.95 Å². The van der Waals surface area contributed by atoms with E-state index < -0.39 is 0 Å². The van der Waals surface area contributed by atoms with Crippen molar-refractivity contribution in [3.63, 3.8) is 0 Å². The van der Waals surface area contributed by atoms with E-state index in [0.717, 1.165) is 0 Å². The molecule has 15 heavy (non-hydrogen) atoms. The second-order valence-electron chi connectivity index (χ2n) is 2.79. The number of nitrogen functional groups attached to an aromatic ring is 1. The first-order chi connectivity index (χ1) is 7.25. The summed E-state index contributed by atoms with van der Waals surface area (Å²) >= 11 is 5.91. The third-order valence-corrected chi connectivity index (χ3v) is 2.01. The minimum absolute atomic E-state index is 0.166. The quantitative estimate of drug-likeness (QED) is 0.847. The largest absolute Gasteiger partial charge is 0.437 e. The summed E-state index contributed by atoms with van der Waals surface area (Å²) in [5.41, 5.74) is 5.42. The molecule has 0 aliphatic heterocycles. The molecule has 0 aliphatic carbocycles. The first kappa shape index (κ1) is 9.73. The third kappa shape index (κ3) is 2.35. The lowest BCUT2D eigenvalue weighted by molar-refractivity contribution is 0.463. The zero-order valence-corrected chi connectivity index (χ0v) is 8.48. The second-order valence-corrected chi connectivity index (χ2v) is 3.19. The summed E-state index contributed by atoms with van der Waals surface area (Å²) in [5.74, 6) is 1.08. The Hall–Kier alpha value is -1.81. The number of aromatic nitrogens is 2. The van der Waals surface area contributed by atoms with Crippen LogP contribution in [0, 0.1) is 0 Å². The summed E-state index contributed by atoms with van der Waals surface area (Å²) in [4.78, 5) is 7.65. The Morgan fingerprint density at radius 1 is 1.20 bits per heavy atom. The van der Waals surface area contributed by atoms with Gasteiger partial charge >= 0.3 is 0 Å². The molecule has 76 valence electrons. The number of nitrogens with zero attached hydrogens (tertiary/aromatic N) is 2. The van der Waals surface area contributed by atoms with Crippen LogP contribution in [0.15, 0.2) is 36.5 Å². The minimum atomic E-state index is 0.166. The van der Waals surface area contributed by atoms with Crippen LogP contribution < -0.4 is 10.5 Å². The smallest absolute Gasteiger partial charge is 0.224 e. The molecular formula is C10H8ClN3O. The number of nitrogens with two attached hydrogens (primary N) is 1. The van der Waals surface area contributed by atoms with Crippen LogP contribution in [-0.4, -0.2) is 9.97 Å². The number of hydrogen-bond donors (Lipinski definition) is 1. The van der Waals surface area contributed by atoms with Gasteiger partial charge in [-0.1, -0.05) is 23.7 Å². The van der Waals surface area contributed by atoms with Crippen LogP contribution >= 0.6 is 11.6 Å². The molecule has 1 heterocycles. The molecule has 1 aromatic heterocycles. The fraction of sp³-hybridized carbons (Fsp3) is 0. The zero-order valence-electron chi connectivity index (χ0n) is 7.72. The molecule has 0 unspecified atom stereocenters. The molecule has 0 aliphatic rings. The summed E-state index contributed by atoms with van der Waals surface area (Å²) in [6, 6.07) is 8.75. The van der Waals surface area contributed by atoms with Crippen molar-refractivity contribution >= 4 is 17.5 Å². The summed E-state index contributed by atoms with van der Waals surface area (Å²) < 4.78 is 5.43. The van der Waals surface area contributed by atoms with Gasteiger partial charge in [-0.3, -0.25) is 0 Å². The molecule has 2 N–H and O–H groups in total. The monoisotopic (exact) mass is 221 g/mol. The number of para-hydroxylation sites is 1. The fourth-order valence-corrected chi connectivity index (χ4v) is 1.23. The van der Waals surface area contributed by atoms with E-state index in [4.69, 9.17) is 22.1 Å². The van der Waals surface area contributed by atoms with Gasteiger partial charge in [-0.05, 0) is 12.1 Å². The van der Waals surface area contributed by atoms with Gasteiger partial charge in [0.2, 0.25) is 11.8 Å². The van der Waals surface area contributed by atoms with Gasteiger partial charge in [0.05, 0.1) is 5.02 Å². The van der Waals surface area contributed by atoms with E-state index >= 15 is 0 Å². The van der Waals surface area contributed by atoms with Crippen molar-refractivity contribution in [1.82, 2.24) is 9.97 Å². The molecule has 2 aromatic rings. The fourth-order valence-electron chi connectivity index (χ4n) is 1.05. The van der Waals surface area contributed by atoms with E-state index in [1.807, 2.05) is 12.1 Å². The predicted octanol–water partition coefficient (Wildman–Crippen LogP) is 2.50. The van der Waals surface area contributed by atoms with Crippen molar-refractivity contribution in [2.24, 2.45) is 0 Å². The topological polar surface area (TPSA) is 61.0 Å². The van der Waals surface area contributed by atoms with Gasteiger partial charge < -0.3 is 10.5 Å². The van der Waals surface area contributed by atoms with Gasteiger partial charge in [-0.2, -0.15) is 4.98 Å². The Morgan fingerprint density at radius 3 is 2.73 bits per heavy atom. The van der Waals surface area contributed by atoms with Crippen molar-refractivity contribution < 1.29 is 4.74 Å². The highest BCUT2D eigenvalue weighted by molar-refractivity contribution is 6.32. The summed E-state index contributed by atoms with van der Waals surface area (Å²) in [7, 11) is 0. The average Bonchev–Trinajstić information content (AvgIpc) is 2.22. The van der Waals surface area contributed by atoms with Crippen LogP contribution in [0.1, 0.15) is 0 Å². The van der Waals surface area contributed by atoms with Crippen LogP contribution in [-0.2, 0) is 0 Å². The van der Waals surface area contributed by atoms with Crippen molar-refractivity contribution in [3.05, 3.63) is 41.6 Å². The first-order valence-electron chi connectivity index (χ1n) is 4.26. The second kappa shape index (κ2) is 4.14. The molecule has 4 nitrogen and oxygen atoms in total. The average molecular weight is 222 g/mol. The van der Waals surface area contributed by atoms with Crippen LogP contribution in [0.2, 0.25) is 5.02 Å². The predicted molar refractivity (Wildman–Crippen MR) is 58.0 cm³/mol. The SMILES string of the molecule is Nc1nccc(Oc2ccccc2Cl)n1. The molecule has 0 saturated carbocycles. The lowest BCUT2D eigenvalue weighted by atomic mass is 10.3. The van der Waals surface area contributed by atoms with Gasteiger partial charge in [0.15, 0.2) is 0 Å². The molecule has 2 rings (SSSR count). The number of ether oxygens (including phenoxy) is 1. The van der Waals surface area contributed by atoms with Gasteiger partial charge in [-0.25, -0.2) is 4.98 Å². The molecule has 1 aromatic carbocycles. The van der Waals surface area contributed by atoms with Crippen molar-refractivity contribution in [2.45, 2.75) is 0 Å². The van der Waals surface area contributed by atoms with E-state index in [9.17, 15) is 0 Å². The zero-order chi connectivity index (χ0) is 10.7. The van der Waals surface area contributed by atoms with Crippen molar-refractivity contribution in [1.29, 1.82) is 0 Å². The lowest BCUT2D eigenvalue weighted by Gasteiger charge is -2.05. The van der Waals surface area contributed by atoms with Gasteiger partial charge in [0.1, 0.15) is 5.75 Å². The summed E-state index contributed by atoms with van der Waals surface area (Å²) in [6.07, 6.45) is 1.52. The highest BCUT2D eigenvalue weighted by Gasteiger charge is 2.02. The Bertz CT molecular complexity index is 476. The molecule has 5 heteroatoms. The number of rotatable bonds is 2. The van der Waals surface area contributed by atoms with Crippen LogP contribution in [0.3, 0.4) is 0 Å². The van der Waals surface area contributed by atoms with Crippen LogP contribution in [0.25, 0.3) is 0 Å². The number of anilines is 1. The van der Waals surface area contributed by atoms with Crippen molar-refractivity contribution in [2.75, 3.05) is 5.73 Å². The van der Waals surface area contributed by atoms with Gasteiger partial charge in [-0.15, -0.1) is 0 Å². The molecule has 0 spiro atoms. The van der Waals surface area contributed by atoms with Gasteiger partial charge in [0.25, 0.3) is 0 Å². The minimum Gasteiger partial charge on any atom is -0.437 e. The normalized spacial score (nSPS) is 9.93. The molecule has 0 amide bonds. The molecule has 0 saturated heterocycles. The number of halogens is 1. The number of hydrogen-bond acceptors (Lipinski definition) is 4. The standard InChI is InChI=1S/C10H8ClN3O/c11-7-3-1-2-4-8(7)15-9-5-6-13-10(12)14-9/h1-6H,(H2,12,13,14). The highest BCUT2D eigenvalue weighted by atomic mass is 35.5. The Labute approximate surface area is 91.7 Å². The van der Waals surface area contributed by atoms with Crippen molar-refractivity contribution in [3.8, 4) is 11.6 Å². The molecular weight excluding hydrogens is 214 g/mol. The summed E-state index contributed by atoms with van der Waals surface area (Å²) in [6.45, 7) is 0. The van der Waals surface area contributed by atoms with Crippen LogP contribution in [0.5, 0.6) is 11.6 Å². The van der Waals surface area contributed by atoms with E-state index in [0.29, 0.717) is 16.7 Å².